The number of pyridine rings is 1. The zero-order chi connectivity index (χ0) is 14.7. The normalized spacial score (nSPS) is 18.0. The van der Waals surface area contributed by atoms with Crippen molar-refractivity contribution < 1.29 is 14.3 Å². The highest BCUT2D eigenvalue weighted by molar-refractivity contribution is 6.03. The van der Waals surface area contributed by atoms with E-state index in [2.05, 4.69) is 20.5 Å². The SMILES string of the molecule is CCOC(=O)c1cc(NCC2CCCO2)nc2[nH]ncc12. The summed E-state index contributed by atoms with van der Waals surface area (Å²) in [5.41, 5.74) is 1.03. The Morgan fingerprint density at radius 1 is 1.62 bits per heavy atom. The third kappa shape index (κ3) is 2.97. The minimum absolute atomic E-state index is 0.204. The van der Waals surface area contributed by atoms with Gasteiger partial charge < -0.3 is 14.8 Å². The van der Waals surface area contributed by atoms with Crippen LogP contribution in [0.3, 0.4) is 0 Å². The topological polar surface area (TPSA) is 89.1 Å². The number of rotatable bonds is 5. The van der Waals surface area contributed by atoms with Crippen LogP contribution in [-0.4, -0.2) is 47.0 Å². The van der Waals surface area contributed by atoms with Crippen molar-refractivity contribution in [1.29, 1.82) is 0 Å². The smallest absolute Gasteiger partial charge is 0.339 e. The molecule has 7 nitrogen and oxygen atoms in total. The maximum Gasteiger partial charge on any atom is 0.339 e. The summed E-state index contributed by atoms with van der Waals surface area (Å²) in [5, 5.41) is 10.6. The average Bonchev–Trinajstić information content (AvgIpc) is 3.15. The monoisotopic (exact) mass is 290 g/mol. The molecule has 1 unspecified atom stereocenters. The minimum Gasteiger partial charge on any atom is -0.462 e. The van der Waals surface area contributed by atoms with Crippen molar-refractivity contribution >= 4 is 22.8 Å². The van der Waals surface area contributed by atoms with E-state index in [9.17, 15) is 4.79 Å². The number of ether oxygens (including phenoxy) is 2. The van der Waals surface area contributed by atoms with E-state index in [1.807, 2.05) is 0 Å². The van der Waals surface area contributed by atoms with Crippen LogP contribution in [-0.2, 0) is 9.47 Å². The Hall–Kier alpha value is -2.15. The number of fused-ring (bicyclic) bond motifs is 1. The van der Waals surface area contributed by atoms with E-state index in [4.69, 9.17) is 9.47 Å². The average molecular weight is 290 g/mol. The molecule has 1 fully saturated rings. The van der Waals surface area contributed by atoms with E-state index < -0.39 is 0 Å². The molecule has 21 heavy (non-hydrogen) atoms. The van der Waals surface area contributed by atoms with Gasteiger partial charge in [0.1, 0.15) is 5.82 Å². The molecule has 2 aromatic heterocycles. The van der Waals surface area contributed by atoms with Crippen molar-refractivity contribution in [3.8, 4) is 0 Å². The molecular weight excluding hydrogens is 272 g/mol. The molecule has 0 amide bonds. The van der Waals surface area contributed by atoms with Crippen LogP contribution < -0.4 is 5.32 Å². The first kappa shape index (κ1) is 13.8. The first-order chi connectivity index (χ1) is 10.3. The van der Waals surface area contributed by atoms with Crippen molar-refractivity contribution in [3.63, 3.8) is 0 Å². The van der Waals surface area contributed by atoms with Crippen LogP contribution in [0.15, 0.2) is 12.3 Å². The van der Waals surface area contributed by atoms with E-state index in [0.29, 0.717) is 35.6 Å². The lowest BCUT2D eigenvalue weighted by atomic mass is 10.2. The fourth-order valence-corrected chi connectivity index (χ4v) is 2.42. The van der Waals surface area contributed by atoms with Crippen LogP contribution in [0.2, 0.25) is 0 Å². The van der Waals surface area contributed by atoms with Crippen LogP contribution >= 0.6 is 0 Å². The summed E-state index contributed by atoms with van der Waals surface area (Å²) < 4.78 is 10.6. The number of hydrogen-bond donors (Lipinski definition) is 2. The van der Waals surface area contributed by atoms with Gasteiger partial charge in [-0.3, -0.25) is 5.10 Å². The summed E-state index contributed by atoms with van der Waals surface area (Å²) in [5.74, 6) is 0.247. The number of carbonyl (C=O) groups excluding carboxylic acids is 1. The molecule has 0 aliphatic carbocycles. The molecule has 3 rings (SSSR count). The third-order valence-corrected chi connectivity index (χ3v) is 3.45. The van der Waals surface area contributed by atoms with Crippen molar-refractivity contribution in [2.75, 3.05) is 25.1 Å². The van der Waals surface area contributed by atoms with E-state index in [1.165, 1.54) is 0 Å². The van der Waals surface area contributed by atoms with Gasteiger partial charge in [-0.2, -0.15) is 5.10 Å². The lowest BCUT2D eigenvalue weighted by Gasteiger charge is -2.12. The van der Waals surface area contributed by atoms with Crippen molar-refractivity contribution in [2.45, 2.75) is 25.9 Å². The van der Waals surface area contributed by atoms with Crippen LogP contribution in [0.5, 0.6) is 0 Å². The molecular formula is C14H18N4O3. The molecule has 2 aromatic rings. The van der Waals surface area contributed by atoms with Crippen molar-refractivity contribution in [2.24, 2.45) is 0 Å². The van der Waals surface area contributed by atoms with Gasteiger partial charge in [0.2, 0.25) is 0 Å². The molecule has 0 spiro atoms. The molecule has 0 radical (unpaired) electrons. The van der Waals surface area contributed by atoms with E-state index >= 15 is 0 Å². The molecule has 7 heteroatoms. The second kappa shape index (κ2) is 6.09. The Labute approximate surface area is 122 Å². The van der Waals surface area contributed by atoms with Gasteiger partial charge in [0.15, 0.2) is 5.65 Å². The third-order valence-electron chi connectivity index (χ3n) is 3.45. The van der Waals surface area contributed by atoms with E-state index in [-0.39, 0.29) is 12.1 Å². The number of anilines is 1. The zero-order valence-corrected chi connectivity index (χ0v) is 11.9. The first-order valence-electron chi connectivity index (χ1n) is 7.14. The summed E-state index contributed by atoms with van der Waals surface area (Å²) in [4.78, 5) is 16.4. The van der Waals surface area contributed by atoms with Gasteiger partial charge in [0.25, 0.3) is 0 Å². The number of carbonyl (C=O) groups is 1. The van der Waals surface area contributed by atoms with Gasteiger partial charge in [-0.25, -0.2) is 9.78 Å². The van der Waals surface area contributed by atoms with Crippen molar-refractivity contribution in [1.82, 2.24) is 15.2 Å². The molecule has 1 aliphatic rings. The van der Waals surface area contributed by atoms with Gasteiger partial charge in [0.05, 0.1) is 29.9 Å². The Bertz CT molecular complexity index is 634. The summed E-state index contributed by atoms with van der Waals surface area (Å²) >= 11 is 0. The Morgan fingerprint density at radius 3 is 3.29 bits per heavy atom. The lowest BCUT2D eigenvalue weighted by molar-refractivity contribution is 0.0528. The molecule has 112 valence electrons. The Kier molecular flexibility index (Phi) is 4.01. The quantitative estimate of drug-likeness (QED) is 0.815. The van der Waals surface area contributed by atoms with Crippen LogP contribution in [0.1, 0.15) is 30.1 Å². The number of aromatic nitrogens is 3. The number of hydrogen-bond acceptors (Lipinski definition) is 6. The van der Waals surface area contributed by atoms with Gasteiger partial charge in [0, 0.05) is 13.2 Å². The first-order valence-corrected chi connectivity index (χ1v) is 7.14. The highest BCUT2D eigenvalue weighted by Gasteiger charge is 2.18. The second-order valence-electron chi connectivity index (χ2n) is 4.92. The largest absolute Gasteiger partial charge is 0.462 e. The molecule has 1 aliphatic heterocycles. The van der Waals surface area contributed by atoms with Gasteiger partial charge in [-0.05, 0) is 25.8 Å². The minimum atomic E-state index is -0.369. The summed E-state index contributed by atoms with van der Waals surface area (Å²) in [6.45, 7) is 3.60. The molecule has 0 saturated carbocycles. The number of nitrogens with one attached hydrogen (secondary N) is 2. The maximum absolute atomic E-state index is 12.0. The number of aromatic amines is 1. The van der Waals surface area contributed by atoms with Gasteiger partial charge in [-0.1, -0.05) is 0 Å². The Morgan fingerprint density at radius 2 is 2.52 bits per heavy atom. The highest BCUT2D eigenvalue weighted by atomic mass is 16.5. The lowest BCUT2D eigenvalue weighted by Crippen LogP contribution is -2.19. The van der Waals surface area contributed by atoms with Crippen LogP contribution in [0, 0.1) is 0 Å². The predicted molar refractivity (Wildman–Crippen MR) is 77.3 cm³/mol. The standard InChI is InChI=1S/C14H18N4O3/c1-2-20-14(19)10-6-12(15-7-9-4-3-5-21-9)17-13-11(10)8-16-18-13/h6,8-9H,2-5,7H2,1H3,(H2,15,16,17,18). The molecule has 1 saturated heterocycles. The van der Waals surface area contributed by atoms with Crippen LogP contribution in [0.4, 0.5) is 5.82 Å². The molecule has 0 bridgehead atoms. The highest BCUT2D eigenvalue weighted by Crippen LogP contribution is 2.20. The molecule has 3 heterocycles. The fourth-order valence-electron chi connectivity index (χ4n) is 2.42. The van der Waals surface area contributed by atoms with Gasteiger partial charge in [-0.15, -0.1) is 0 Å². The molecule has 0 aromatic carbocycles. The number of nitrogens with zero attached hydrogens (tertiary/aromatic N) is 2. The van der Waals surface area contributed by atoms with Crippen molar-refractivity contribution in [3.05, 3.63) is 17.8 Å². The molecule has 1 atom stereocenters. The zero-order valence-electron chi connectivity index (χ0n) is 11.9. The van der Waals surface area contributed by atoms with Crippen LogP contribution in [0.25, 0.3) is 11.0 Å². The summed E-state index contributed by atoms with van der Waals surface area (Å²) in [6, 6.07) is 1.70. The maximum atomic E-state index is 12.0. The number of H-pyrrole nitrogens is 1. The second-order valence-corrected chi connectivity index (χ2v) is 4.92. The predicted octanol–water partition coefficient (Wildman–Crippen LogP) is 1.73. The van der Waals surface area contributed by atoms with Gasteiger partial charge >= 0.3 is 5.97 Å². The van der Waals surface area contributed by atoms with E-state index in [1.54, 1.807) is 19.2 Å². The van der Waals surface area contributed by atoms with E-state index in [0.717, 1.165) is 19.4 Å². The Balaban J connectivity index is 1.83. The number of esters is 1. The summed E-state index contributed by atoms with van der Waals surface area (Å²) in [6.07, 6.45) is 3.92. The fraction of sp³-hybridized carbons (Fsp3) is 0.500. The molecule has 2 N–H and O–H groups in total. The summed E-state index contributed by atoms with van der Waals surface area (Å²) in [7, 11) is 0.